The molecule has 0 bridgehead atoms. The van der Waals surface area contributed by atoms with Gasteiger partial charge in [0, 0.05) is 50.0 Å². The number of anilines is 1. The number of methoxy groups -OCH3 is 1. The molecule has 6 rings (SSSR count). The molecule has 2 atom stereocenters. The largest absolute Gasteiger partial charge is 0.481 e. The molecule has 2 aromatic carbocycles. The molecule has 1 unspecified atom stereocenters. The van der Waals surface area contributed by atoms with Crippen molar-refractivity contribution in [2.75, 3.05) is 32.1 Å². The molecule has 0 spiro atoms. The molecule has 50 heavy (non-hydrogen) atoms. The van der Waals surface area contributed by atoms with Crippen LogP contribution in [-0.2, 0) is 24.3 Å². The summed E-state index contributed by atoms with van der Waals surface area (Å²) < 4.78 is 11.8. The summed E-state index contributed by atoms with van der Waals surface area (Å²) in [7, 11) is 1.48. The SMILES string of the molecule is COc1nc(O[C@H]2CCc3c(-c4cccc(C(=O)Nc5ccc(CN6CC(O)C6)cn5)c4Cl)cccc32)c(Cl)cc1CNCC(O)CC(=O)O. The van der Waals surface area contributed by atoms with Crippen LogP contribution in [0.3, 0.4) is 0 Å². The van der Waals surface area contributed by atoms with Gasteiger partial charge in [-0.1, -0.05) is 59.6 Å². The van der Waals surface area contributed by atoms with Crippen LogP contribution in [0.4, 0.5) is 5.82 Å². The van der Waals surface area contributed by atoms with Gasteiger partial charge in [-0.25, -0.2) is 4.98 Å². The second-order valence-corrected chi connectivity index (χ2v) is 13.2. The Bertz CT molecular complexity index is 1870. The molecule has 5 N–H and O–H groups in total. The van der Waals surface area contributed by atoms with Crippen LogP contribution in [-0.4, -0.2) is 81.0 Å². The van der Waals surface area contributed by atoms with Crippen molar-refractivity contribution in [3.05, 3.63) is 98.7 Å². The number of aliphatic carboxylic acids is 1. The first kappa shape index (κ1) is 35.5. The standard InChI is InChI=1S/C36H37Cl2N5O7/c1-49-35-21(15-39-16-22(44)13-32(46)47)12-29(37)36(42-35)50-30-10-9-25-24(4-2-5-26(25)30)27-6-3-7-28(33(27)38)34(48)41-31-11-8-20(14-40-31)17-43-18-23(45)19-43/h2-8,11-12,14,22-23,30,39,44-45H,9-10,13,15-19H2,1H3,(H,46,47)(H,40,41,48)/t22?,30-/m0/s1. The Labute approximate surface area is 299 Å². The highest BCUT2D eigenvalue weighted by molar-refractivity contribution is 6.37. The van der Waals surface area contributed by atoms with Gasteiger partial charge in [0.2, 0.25) is 11.8 Å². The number of carbonyl (C=O) groups excluding carboxylic acids is 1. The smallest absolute Gasteiger partial charge is 0.306 e. The van der Waals surface area contributed by atoms with Crippen LogP contribution in [0.15, 0.2) is 60.8 Å². The van der Waals surface area contributed by atoms with E-state index in [2.05, 4.69) is 25.5 Å². The van der Waals surface area contributed by atoms with E-state index in [0.717, 1.165) is 27.8 Å². The minimum absolute atomic E-state index is 0.0711. The maximum absolute atomic E-state index is 13.3. The maximum Gasteiger partial charge on any atom is 0.306 e. The molecular formula is C36H37Cl2N5O7. The summed E-state index contributed by atoms with van der Waals surface area (Å²) in [6.07, 6.45) is 1.06. The number of nitrogens with zero attached hydrogens (tertiary/aromatic N) is 3. The van der Waals surface area contributed by atoms with Gasteiger partial charge in [-0.3, -0.25) is 14.5 Å². The number of aliphatic hydroxyl groups is 2. The molecular weight excluding hydrogens is 685 g/mol. The molecule has 0 saturated carbocycles. The maximum atomic E-state index is 13.3. The summed E-state index contributed by atoms with van der Waals surface area (Å²) in [4.78, 5) is 35.2. The first-order valence-electron chi connectivity index (χ1n) is 16.2. The van der Waals surface area contributed by atoms with Gasteiger partial charge < -0.3 is 35.4 Å². The van der Waals surface area contributed by atoms with Gasteiger partial charge in [-0.2, -0.15) is 4.98 Å². The topological polar surface area (TPSA) is 166 Å². The molecule has 3 heterocycles. The highest BCUT2D eigenvalue weighted by Gasteiger charge is 2.29. The highest BCUT2D eigenvalue weighted by Crippen LogP contribution is 2.43. The van der Waals surface area contributed by atoms with Gasteiger partial charge in [-0.05, 0) is 53.3 Å². The number of aromatic nitrogens is 2. The molecule has 1 amide bonds. The summed E-state index contributed by atoms with van der Waals surface area (Å²) in [6.45, 7) is 2.29. The van der Waals surface area contributed by atoms with E-state index in [4.69, 9.17) is 37.8 Å². The fourth-order valence-corrected chi connectivity index (χ4v) is 6.81. The molecule has 4 aromatic rings. The van der Waals surface area contributed by atoms with Crippen molar-refractivity contribution in [3.8, 4) is 22.9 Å². The first-order chi connectivity index (χ1) is 24.1. The number of pyridine rings is 2. The number of carboxylic acids is 1. The van der Waals surface area contributed by atoms with Crippen LogP contribution in [0.1, 0.15) is 51.6 Å². The Morgan fingerprint density at radius 1 is 1.08 bits per heavy atom. The third kappa shape index (κ3) is 8.18. The number of fused-ring (bicyclic) bond motifs is 1. The number of carbonyl (C=O) groups is 2. The van der Waals surface area contributed by atoms with Crippen molar-refractivity contribution in [2.45, 2.75) is 50.7 Å². The second-order valence-electron chi connectivity index (χ2n) is 12.4. The van der Waals surface area contributed by atoms with Gasteiger partial charge in [0.1, 0.15) is 16.9 Å². The minimum atomic E-state index is -1.08. The number of rotatable bonds is 14. The number of likely N-dealkylation sites (tertiary alicyclic amines) is 1. The van der Waals surface area contributed by atoms with E-state index >= 15 is 0 Å². The Kier molecular flexibility index (Phi) is 11.2. The van der Waals surface area contributed by atoms with E-state index in [1.54, 1.807) is 30.5 Å². The third-order valence-corrected chi connectivity index (χ3v) is 9.37. The molecule has 1 aliphatic heterocycles. The van der Waals surface area contributed by atoms with Gasteiger partial charge in [-0.15, -0.1) is 0 Å². The lowest BCUT2D eigenvalue weighted by Gasteiger charge is -2.35. The Hall–Kier alpha value is -4.30. The normalized spacial score (nSPS) is 16.4. The van der Waals surface area contributed by atoms with E-state index in [1.165, 1.54) is 7.11 Å². The van der Waals surface area contributed by atoms with E-state index in [9.17, 15) is 19.8 Å². The van der Waals surface area contributed by atoms with E-state index in [-0.39, 0.29) is 54.4 Å². The fraction of sp³-hybridized carbons (Fsp3) is 0.333. The number of hydrogen-bond acceptors (Lipinski definition) is 10. The van der Waals surface area contributed by atoms with Crippen LogP contribution in [0.5, 0.6) is 11.8 Å². The molecule has 2 aromatic heterocycles. The van der Waals surface area contributed by atoms with Crippen molar-refractivity contribution in [3.63, 3.8) is 0 Å². The second kappa shape index (κ2) is 15.7. The quantitative estimate of drug-likeness (QED) is 0.120. The van der Waals surface area contributed by atoms with E-state index in [1.807, 2.05) is 30.3 Å². The Morgan fingerprint density at radius 2 is 1.86 bits per heavy atom. The monoisotopic (exact) mass is 721 g/mol. The lowest BCUT2D eigenvalue weighted by atomic mass is 9.95. The molecule has 1 aliphatic carbocycles. The zero-order valence-electron chi connectivity index (χ0n) is 27.2. The van der Waals surface area contributed by atoms with Crippen molar-refractivity contribution in [2.24, 2.45) is 0 Å². The van der Waals surface area contributed by atoms with Crippen LogP contribution in [0.2, 0.25) is 10.0 Å². The molecule has 12 nitrogen and oxygen atoms in total. The van der Waals surface area contributed by atoms with Gasteiger partial charge in [0.25, 0.3) is 5.91 Å². The molecule has 0 radical (unpaired) electrons. The van der Waals surface area contributed by atoms with Crippen molar-refractivity contribution in [1.82, 2.24) is 20.2 Å². The summed E-state index contributed by atoms with van der Waals surface area (Å²) in [5.41, 5.74) is 5.56. The van der Waals surface area contributed by atoms with E-state index in [0.29, 0.717) is 54.4 Å². The van der Waals surface area contributed by atoms with Gasteiger partial charge >= 0.3 is 5.97 Å². The Morgan fingerprint density at radius 3 is 2.58 bits per heavy atom. The average molecular weight is 723 g/mol. The number of amides is 1. The number of nitrogens with one attached hydrogen (secondary N) is 2. The number of ether oxygens (including phenoxy) is 2. The molecule has 1 saturated heterocycles. The van der Waals surface area contributed by atoms with Crippen LogP contribution >= 0.6 is 23.2 Å². The van der Waals surface area contributed by atoms with Crippen molar-refractivity contribution >= 4 is 40.9 Å². The fourth-order valence-electron chi connectivity index (χ4n) is 6.27. The number of β-amino-alcohol motifs (C(OH)–C–C–N with tert-alkyl or cyclic N) is 1. The number of carboxylic acid groups (broad SMARTS) is 1. The zero-order chi connectivity index (χ0) is 35.4. The predicted octanol–water partition coefficient (Wildman–Crippen LogP) is 4.88. The Balaban J connectivity index is 1.14. The summed E-state index contributed by atoms with van der Waals surface area (Å²) in [6, 6.07) is 16.6. The van der Waals surface area contributed by atoms with Crippen molar-refractivity contribution in [1.29, 1.82) is 0 Å². The number of halogens is 2. The molecule has 2 aliphatic rings. The van der Waals surface area contributed by atoms with Crippen LogP contribution in [0, 0.1) is 0 Å². The van der Waals surface area contributed by atoms with Crippen LogP contribution in [0.25, 0.3) is 11.1 Å². The molecule has 14 heteroatoms. The van der Waals surface area contributed by atoms with E-state index < -0.39 is 12.1 Å². The average Bonchev–Trinajstić information content (AvgIpc) is 3.48. The minimum Gasteiger partial charge on any atom is -0.481 e. The molecule has 1 fully saturated rings. The summed E-state index contributed by atoms with van der Waals surface area (Å²) in [5, 5.41) is 34.6. The van der Waals surface area contributed by atoms with Gasteiger partial charge in [0.05, 0.1) is 36.3 Å². The van der Waals surface area contributed by atoms with Crippen LogP contribution < -0.4 is 20.1 Å². The van der Waals surface area contributed by atoms with Crippen molar-refractivity contribution < 1.29 is 34.4 Å². The first-order valence-corrected chi connectivity index (χ1v) is 16.9. The predicted molar refractivity (Wildman–Crippen MR) is 188 cm³/mol. The lowest BCUT2D eigenvalue weighted by molar-refractivity contribution is -0.139. The zero-order valence-corrected chi connectivity index (χ0v) is 28.7. The molecule has 262 valence electrons. The van der Waals surface area contributed by atoms with Gasteiger partial charge in [0.15, 0.2) is 0 Å². The number of aliphatic hydroxyl groups excluding tert-OH is 2. The third-order valence-electron chi connectivity index (χ3n) is 8.70. The number of hydrogen-bond donors (Lipinski definition) is 5. The lowest BCUT2D eigenvalue weighted by Crippen LogP contribution is -2.49. The highest BCUT2D eigenvalue weighted by atomic mass is 35.5. The summed E-state index contributed by atoms with van der Waals surface area (Å²) >= 11 is 13.5. The number of benzene rings is 2. The summed E-state index contributed by atoms with van der Waals surface area (Å²) in [5.74, 6) is -0.551.